The summed E-state index contributed by atoms with van der Waals surface area (Å²) in [6.07, 6.45) is 2.77. The molecule has 0 saturated heterocycles. The van der Waals surface area contributed by atoms with Gasteiger partial charge in [-0.05, 0) is 26.0 Å². The van der Waals surface area contributed by atoms with Crippen molar-refractivity contribution in [2.24, 2.45) is 0 Å². The minimum atomic E-state index is -0.963. The summed E-state index contributed by atoms with van der Waals surface area (Å²) in [5.41, 5.74) is 2.28. The molecule has 0 aliphatic rings. The summed E-state index contributed by atoms with van der Waals surface area (Å²) < 4.78 is 0. The molecular weight excluding hydrogens is 180 g/mol. The molecule has 0 bridgehead atoms. The number of aryl methyl sites for hydroxylation is 1. The van der Waals surface area contributed by atoms with Crippen LogP contribution in [-0.4, -0.2) is 16.1 Å². The third-order valence-electron chi connectivity index (χ3n) is 1.59. The summed E-state index contributed by atoms with van der Waals surface area (Å²) in [5.74, 6) is -0.963. The van der Waals surface area contributed by atoms with Gasteiger partial charge in [0.15, 0.2) is 0 Å². The van der Waals surface area contributed by atoms with Gasteiger partial charge in [-0.3, -0.25) is 4.98 Å². The predicted octanol–water partition coefficient (Wildman–Crippen LogP) is 1.79. The lowest BCUT2D eigenvalue weighted by atomic mass is 10.3. The topological polar surface area (TPSA) is 62.2 Å². The van der Waals surface area contributed by atoms with Crippen molar-refractivity contribution in [1.29, 1.82) is 0 Å². The van der Waals surface area contributed by atoms with Gasteiger partial charge in [-0.1, -0.05) is 0 Å². The maximum Gasteiger partial charge on any atom is 0.330 e. The van der Waals surface area contributed by atoms with E-state index in [1.165, 1.54) is 0 Å². The van der Waals surface area contributed by atoms with Crippen LogP contribution < -0.4 is 5.32 Å². The molecule has 0 unspecified atom stereocenters. The summed E-state index contributed by atoms with van der Waals surface area (Å²) in [4.78, 5) is 14.4. The van der Waals surface area contributed by atoms with E-state index >= 15 is 0 Å². The van der Waals surface area contributed by atoms with Crippen LogP contribution >= 0.6 is 0 Å². The summed E-state index contributed by atoms with van der Waals surface area (Å²) in [6.45, 7) is 3.58. The Hall–Kier alpha value is -1.84. The van der Waals surface area contributed by atoms with E-state index in [0.29, 0.717) is 5.70 Å². The number of hydrogen-bond acceptors (Lipinski definition) is 3. The number of aromatic nitrogens is 1. The number of carbonyl (C=O) groups is 1. The van der Waals surface area contributed by atoms with E-state index in [1.54, 1.807) is 13.1 Å². The minimum absolute atomic E-state index is 0.572. The van der Waals surface area contributed by atoms with Gasteiger partial charge in [0.05, 0.1) is 11.9 Å². The van der Waals surface area contributed by atoms with Gasteiger partial charge < -0.3 is 10.4 Å². The van der Waals surface area contributed by atoms with E-state index in [2.05, 4.69) is 10.3 Å². The molecular formula is C10H12N2O2. The molecule has 74 valence electrons. The lowest BCUT2D eigenvalue weighted by Gasteiger charge is -2.04. The number of carboxylic acid groups (broad SMARTS) is 1. The molecule has 1 aromatic heterocycles. The highest BCUT2D eigenvalue weighted by molar-refractivity contribution is 5.81. The number of anilines is 1. The number of pyridine rings is 1. The first-order valence-electron chi connectivity index (χ1n) is 4.19. The van der Waals surface area contributed by atoms with E-state index in [-0.39, 0.29) is 0 Å². The van der Waals surface area contributed by atoms with Crippen LogP contribution in [0.5, 0.6) is 0 Å². The van der Waals surface area contributed by atoms with Gasteiger partial charge in [0.25, 0.3) is 0 Å². The standard InChI is InChI=1S/C10H12N2O2/c1-7-3-4-9(6-11-7)12-8(2)5-10(13)14/h3-6,12H,1-2H3,(H,13,14)/b8-5+. The molecule has 0 amide bonds. The second-order valence-electron chi connectivity index (χ2n) is 2.98. The Morgan fingerprint density at radius 1 is 1.57 bits per heavy atom. The van der Waals surface area contributed by atoms with Crippen LogP contribution in [0.1, 0.15) is 12.6 Å². The molecule has 0 atom stereocenters. The summed E-state index contributed by atoms with van der Waals surface area (Å²) >= 11 is 0. The van der Waals surface area contributed by atoms with E-state index in [1.807, 2.05) is 19.1 Å². The van der Waals surface area contributed by atoms with Crippen molar-refractivity contribution in [2.45, 2.75) is 13.8 Å². The molecule has 0 aliphatic carbocycles. The Kier molecular flexibility index (Phi) is 3.23. The Labute approximate surface area is 82.3 Å². The van der Waals surface area contributed by atoms with Crippen LogP contribution in [0.25, 0.3) is 0 Å². The van der Waals surface area contributed by atoms with Gasteiger partial charge in [0.1, 0.15) is 0 Å². The molecule has 4 heteroatoms. The molecule has 1 heterocycles. The van der Waals surface area contributed by atoms with Crippen molar-refractivity contribution >= 4 is 11.7 Å². The average molecular weight is 192 g/mol. The van der Waals surface area contributed by atoms with Gasteiger partial charge in [0, 0.05) is 17.5 Å². The Morgan fingerprint density at radius 2 is 2.29 bits per heavy atom. The molecule has 0 radical (unpaired) electrons. The molecule has 14 heavy (non-hydrogen) atoms. The van der Waals surface area contributed by atoms with Gasteiger partial charge >= 0.3 is 5.97 Å². The number of nitrogens with one attached hydrogen (secondary N) is 1. The maximum absolute atomic E-state index is 10.3. The zero-order valence-electron chi connectivity index (χ0n) is 8.11. The number of aliphatic carboxylic acids is 1. The van der Waals surface area contributed by atoms with Crippen molar-refractivity contribution in [2.75, 3.05) is 5.32 Å². The van der Waals surface area contributed by atoms with Crippen LogP contribution in [0.2, 0.25) is 0 Å². The normalized spacial score (nSPS) is 11.1. The maximum atomic E-state index is 10.3. The van der Waals surface area contributed by atoms with Crippen molar-refractivity contribution < 1.29 is 9.90 Å². The van der Waals surface area contributed by atoms with Crippen LogP contribution in [0, 0.1) is 6.92 Å². The molecule has 0 aromatic carbocycles. The average Bonchev–Trinajstić information content (AvgIpc) is 2.07. The Morgan fingerprint density at radius 3 is 2.79 bits per heavy atom. The predicted molar refractivity (Wildman–Crippen MR) is 54.0 cm³/mol. The van der Waals surface area contributed by atoms with E-state index in [9.17, 15) is 4.79 Å². The Bertz CT molecular complexity index is 355. The highest BCUT2D eigenvalue weighted by Gasteiger charge is 1.95. The molecule has 1 rings (SSSR count). The monoisotopic (exact) mass is 192 g/mol. The van der Waals surface area contributed by atoms with Gasteiger partial charge in [-0.25, -0.2) is 4.79 Å². The second-order valence-corrected chi connectivity index (χ2v) is 2.98. The molecule has 4 nitrogen and oxygen atoms in total. The van der Waals surface area contributed by atoms with Crippen molar-refractivity contribution in [3.8, 4) is 0 Å². The lowest BCUT2D eigenvalue weighted by Crippen LogP contribution is -2.00. The zero-order chi connectivity index (χ0) is 10.6. The van der Waals surface area contributed by atoms with Gasteiger partial charge in [-0.15, -0.1) is 0 Å². The summed E-state index contributed by atoms with van der Waals surface area (Å²) in [5, 5.41) is 11.4. The molecule has 0 spiro atoms. The highest BCUT2D eigenvalue weighted by Crippen LogP contribution is 2.08. The fourth-order valence-electron chi connectivity index (χ4n) is 0.991. The number of rotatable bonds is 3. The van der Waals surface area contributed by atoms with Crippen molar-refractivity contribution in [3.63, 3.8) is 0 Å². The second kappa shape index (κ2) is 4.41. The smallest absolute Gasteiger partial charge is 0.330 e. The third kappa shape index (κ3) is 3.26. The van der Waals surface area contributed by atoms with Crippen LogP contribution in [-0.2, 0) is 4.79 Å². The molecule has 1 aromatic rings. The zero-order valence-corrected chi connectivity index (χ0v) is 8.11. The van der Waals surface area contributed by atoms with E-state index in [4.69, 9.17) is 5.11 Å². The number of nitrogens with zero attached hydrogens (tertiary/aromatic N) is 1. The van der Waals surface area contributed by atoms with Crippen LogP contribution in [0.15, 0.2) is 30.1 Å². The summed E-state index contributed by atoms with van der Waals surface area (Å²) in [6, 6.07) is 3.71. The fraction of sp³-hybridized carbons (Fsp3) is 0.200. The van der Waals surface area contributed by atoms with Crippen LogP contribution in [0.3, 0.4) is 0 Å². The third-order valence-corrected chi connectivity index (χ3v) is 1.59. The van der Waals surface area contributed by atoms with E-state index in [0.717, 1.165) is 17.5 Å². The molecule has 0 saturated carbocycles. The molecule has 0 fully saturated rings. The quantitative estimate of drug-likeness (QED) is 0.717. The summed E-state index contributed by atoms with van der Waals surface area (Å²) in [7, 11) is 0. The SMILES string of the molecule is C/C(=C\C(=O)O)Nc1ccc(C)nc1. The lowest BCUT2D eigenvalue weighted by molar-refractivity contribution is -0.131. The highest BCUT2D eigenvalue weighted by atomic mass is 16.4. The number of carboxylic acids is 1. The number of hydrogen-bond donors (Lipinski definition) is 2. The number of allylic oxidation sites excluding steroid dienone is 1. The first-order valence-corrected chi connectivity index (χ1v) is 4.19. The fourth-order valence-corrected chi connectivity index (χ4v) is 0.991. The van der Waals surface area contributed by atoms with E-state index < -0.39 is 5.97 Å². The first kappa shape index (κ1) is 10.2. The minimum Gasteiger partial charge on any atom is -0.478 e. The molecule has 2 N–H and O–H groups in total. The molecule has 0 aliphatic heterocycles. The Balaban J connectivity index is 2.69. The van der Waals surface area contributed by atoms with Crippen molar-refractivity contribution in [1.82, 2.24) is 4.98 Å². The van der Waals surface area contributed by atoms with Gasteiger partial charge in [-0.2, -0.15) is 0 Å². The largest absolute Gasteiger partial charge is 0.478 e. The van der Waals surface area contributed by atoms with Gasteiger partial charge in [0.2, 0.25) is 0 Å². The van der Waals surface area contributed by atoms with Crippen LogP contribution in [0.4, 0.5) is 5.69 Å². The van der Waals surface area contributed by atoms with Crippen molar-refractivity contribution in [3.05, 3.63) is 35.8 Å². The first-order chi connectivity index (χ1) is 6.58.